The van der Waals surface area contributed by atoms with Crippen LogP contribution in [0.15, 0.2) is 18.2 Å². The summed E-state index contributed by atoms with van der Waals surface area (Å²) in [5.74, 6) is 0.362. The van der Waals surface area contributed by atoms with Gasteiger partial charge in [-0.1, -0.05) is 37.6 Å². The fraction of sp³-hybridized carbons (Fsp3) is 0.300. The highest BCUT2D eigenvalue weighted by Gasteiger charge is 2.07. The molecule has 1 aromatic rings. The van der Waals surface area contributed by atoms with Crippen LogP contribution in [0.5, 0.6) is 0 Å². The predicted octanol–water partition coefficient (Wildman–Crippen LogP) is 3.03. The van der Waals surface area contributed by atoms with E-state index < -0.39 is 0 Å². The van der Waals surface area contributed by atoms with E-state index in [-0.39, 0.29) is 0 Å². The van der Waals surface area contributed by atoms with Crippen LogP contribution in [-0.2, 0) is 4.79 Å². The molecule has 70 valence electrons. The number of nitrogens with one attached hydrogen (secondary N) is 1. The van der Waals surface area contributed by atoms with Gasteiger partial charge in [0, 0.05) is 0 Å². The fourth-order valence-electron chi connectivity index (χ4n) is 1.17. The largest absolute Gasteiger partial charge is 0.327 e. The molecule has 1 N–H and O–H groups in total. The van der Waals surface area contributed by atoms with Gasteiger partial charge in [0.05, 0.1) is 10.7 Å². The Hall–Kier alpha value is -1.02. The lowest BCUT2D eigenvalue weighted by molar-refractivity contribution is -0.105. The highest BCUT2D eigenvalue weighted by atomic mass is 35.5. The van der Waals surface area contributed by atoms with Crippen molar-refractivity contribution < 1.29 is 4.79 Å². The van der Waals surface area contributed by atoms with E-state index in [9.17, 15) is 4.79 Å². The SMILES string of the molecule is CC(C)c1cccc(NC=O)c1Cl. The van der Waals surface area contributed by atoms with Gasteiger partial charge in [0.2, 0.25) is 6.41 Å². The smallest absolute Gasteiger partial charge is 0.211 e. The number of hydrogen-bond donors (Lipinski definition) is 1. The molecule has 0 radical (unpaired) electrons. The van der Waals surface area contributed by atoms with E-state index in [1.165, 1.54) is 0 Å². The molecule has 0 spiro atoms. The van der Waals surface area contributed by atoms with Crippen molar-refractivity contribution in [3.63, 3.8) is 0 Å². The first-order valence-corrected chi connectivity index (χ1v) is 4.53. The van der Waals surface area contributed by atoms with Crippen molar-refractivity contribution in [2.75, 3.05) is 5.32 Å². The van der Waals surface area contributed by atoms with E-state index in [4.69, 9.17) is 11.6 Å². The summed E-state index contributed by atoms with van der Waals surface area (Å²) in [5.41, 5.74) is 1.72. The number of hydrogen-bond acceptors (Lipinski definition) is 1. The number of amides is 1. The van der Waals surface area contributed by atoms with Crippen LogP contribution in [0.4, 0.5) is 5.69 Å². The summed E-state index contributed by atoms with van der Waals surface area (Å²) in [6, 6.07) is 5.62. The maximum Gasteiger partial charge on any atom is 0.211 e. The minimum Gasteiger partial charge on any atom is -0.327 e. The quantitative estimate of drug-likeness (QED) is 0.742. The van der Waals surface area contributed by atoms with E-state index in [0.717, 1.165) is 5.56 Å². The number of carbonyl (C=O) groups is 1. The molecule has 0 heterocycles. The van der Waals surface area contributed by atoms with E-state index >= 15 is 0 Å². The van der Waals surface area contributed by atoms with Crippen molar-refractivity contribution >= 4 is 23.7 Å². The van der Waals surface area contributed by atoms with Crippen LogP contribution in [0, 0.1) is 0 Å². The number of anilines is 1. The van der Waals surface area contributed by atoms with E-state index in [1.807, 2.05) is 12.1 Å². The highest BCUT2D eigenvalue weighted by molar-refractivity contribution is 6.34. The highest BCUT2D eigenvalue weighted by Crippen LogP contribution is 2.30. The molecule has 0 fully saturated rings. The van der Waals surface area contributed by atoms with Gasteiger partial charge in [-0.3, -0.25) is 4.79 Å². The molecule has 0 aliphatic carbocycles. The topological polar surface area (TPSA) is 29.1 Å². The first-order chi connectivity index (χ1) is 6.16. The zero-order chi connectivity index (χ0) is 9.84. The molecule has 2 nitrogen and oxygen atoms in total. The second-order valence-corrected chi connectivity index (χ2v) is 3.50. The van der Waals surface area contributed by atoms with Crippen LogP contribution in [0.25, 0.3) is 0 Å². The Labute approximate surface area is 82.9 Å². The predicted molar refractivity (Wildman–Crippen MR) is 55.2 cm³/mol. The molecule has 0 aliphatic heterocycles. The van der Waals surface area contributed by atoms with E-state index in [2.05, 4.69) is 19.2 Å². The lowest BCUT2D eigenvalue weighted by Gasteiger charge is -2.10. The van der Waals surface area contributed by atoms with E-state index in [0.29, 0.717) is 23.0 Å². The number of rotatable bonds is 3. The molecule has 1 rings (SSSR count). The Balaban J connectivity index is 3.10. The minimum absolute atomic E-state index is 0.362. The molecule has 1 amide bonds. The third-order valence-electron chi connectivity index (χ3n) is 1.87. The lowest BCUT2D eigenvalue weighted by Crippen LogP contribution is -1.97. The van der Waals surface area contributed by atoms with Gasteiger partial charge in [-0.2, -0.15) is 0 Å². The molecule has 0 atom stereocenters. The zero-order valence-corrected chi connectivity index (χ0v) is 8.43. The summed E-state index contributed by atoms with van der Waals surface area (Å²) in [6.07, 6.45) is 0.630. The van der Waals surface area contributed by atoms with Crippen molar-refractivity contribution in [3.05, 3.63) is 28.8 Å². The monoisotopic (exact) mass is 197 g/mol. The summed E-state index contributed by atoms with van der Waals surface area (Å²) in [5, 5.41) is 3.19. The number of benzene rings is 1. The summed E-state index contributed by atoms with van der Waals surface area (Å²) in [4.78, 5) is 10.2. The van der Waals surface area contributed by atoms with Gasteiger partial charge in [0.1, 0.15) is 0 Å². The van der Waals surface area contributed by atoms with E-state index in [1.54, 1.807) is 6.07 Å². The average molecular weight is 198 g/mol. The molecule has 0 aliphatic rings. The first kappa shape index (κ1) is 10.1. The second-order valence-electron chi connectivity index (χ2n) is 3.13. The molecule has 1 aromatic carbocycles. The van der Waals surface area contributed by atoms with Crippen LogP contribution in [0.2, 0.25) is 5.02 Å². The van der Waals surface area contributed by atoms with Crippen molar-refractivity contribution in [2.45, 2.75) is 19.8 Å². The van der Waals surface area contributed by atoms with Gasteiger partial charge in [-0.05, 0) is 17.5 Å². The maximum absolute atomic E-state index is 10.2. The normalized spacial score (nSPS) is 10.2. The van der Waals surface area contributed by atoms with Crippen molar-refractivity contribution in [2.24, 2.45) is 0 Å². The lowest BCUT2D eigenvalue weighted by atomic mass is 10.0. The molecular formula is C10H12ClNO. The first-order valence-electron chi connectivity index (χ1n) is 4.15. The molecule has 0 bridgehead atoms. The van der Waals surface area contributed by atoms with Gasteiger partial charge < -0.3 is 5.32 Å². The Morgan fingerprint density at radius 3 is 2.69 bits per heavy atom. The molecule has 0 unspecified atom stereocenters. The minimum atomic E-state index is 0.362. The molecule has 3 heteroatoms. The van der Waals surface area contributed by atoms with Crippen molar-refractivity contribution in [1.82, 2.24) is 0 Å². The molecule has 0 saturated carbocycles. The average Bonchev–Trinajstić information content (AvgIpc) is 2.08. The Morgan fingerprint density at radius 1 is 1.46 bits per heavy atom. The number of carbonyl (C=O) groups excluding carboxylic acids is 1. The van der Waals surface area contributed by atoms with Gasteiger partial charge in [-0.15, -0.1) is 0 Å². The summed E-state index contributed by atoms with van der Waals surface area (Å²) in [7, 11) is 0. The Kier molecular flexibility index (Phi) is 3.32. The summed E-state index contributed by atoms with van der Waals surface area (Å²) in [6.45, 7) is 4.12. The summed E-state index contributed by atoms with van der Waals surface area (Å²) >= 11 is 6.06. The molecule has 13 heavy (non-hydrogen) atoms. The second kappa shape index (κ2) is 4.28. The molecule has 0 saturated heterocycles. The molecular weight excluding hydrogens is 186 g/mol. The van der Waals surface area contributed by atoms with Gasteiger partial charge in [0.25, 0.3) is 0 Å². The van der Waals surface area contributed by atoms with Crippen molar-refractivity contribution in [3.8, 4) is 0 Å². The Bertz CT molecular complexity index is 310. The van der Waals surface area contributed by atoms with Crippen LogP contribution in [0.1, 0.15) is 25.3 Å². The fourth-order valence-corrected chi connectivity index (χ4v) is 1.57. The van der Waals surface area contributed by atoms with Crippen LogP contribution in [-0.4, -0.2) is 6.41 Å². The van der Waals surface area contributed by atoms with Gasteiger partial charge >= 0.3 is 0 Å². The maximum atomic E-state index is 10.2. The number of halogens is 1. The van der Waals surface area contributed by atoms with Crippen LogP contribution < -0.4 is 5.32 Å². The Morgan fingerprint density at radius 2 is 2.15 bits per heavy atom. The van der Waals surface area contributed by atoms with Gasteiger partial charge in [-0.25, -0.2) is 0 Å². The third kappa shape index (κ3) is 2.22. The standard InChI is InChI=1S/C10H12ClNO/c1-7(2)8-4-3-5-9(10(8)11)12-6-13/h3-7H,1-2H3,(H,12,13). The van der Waals surface area contributed by atoms with Crippen LogP contribution >= 0.6 is 11.6 Å². The van der Waals surface area contributed by atoms with Crippen LogP contribution in [0.3, 0.4) is 0 Å². The zero-order valence-electron chi connectivity index (χ0n) is 7.67. The van der Waals surface area contributed by atoms with Gasteiger partial charge in [0.15, 0.2) is 0 Å². The summed E-state index contributed by atoms with van der Waals surface area (Å²) < 4.78 is 0. The third-order valence-corrected chi connectivity index (χ3v) is 2.29. The van der Waals surface area contributed by atoms with Crippen molar-refractivity contribution in [1.29, 1.82) is 0 Å². The molecule has 0 aromatic heterocycles.